The van der Waals surface area contributed by atoms with Crippen LogP contribution in [0.1, 0.15) is 10.4 Å². The molecule has 7 nitrogen and oxygen atoms in total. The second-order valence-electron chi connectivity index (χ2n) is 5.41. The standard InChI is InChI=1S/C18H16N2O5/c1-24-18(23)12-6-8-13(9-7-12)19-16(21)10-20-11-17(22)25-15-5-3-2-4-14(15)20/h2-9H,10-11H2,1H3,(H,19,21). The second kappa shape index (κ2) is 7.04. The summed E-state index contributed by atoms with van der Waals surface area (Å²) < 4.78 is 9.78. The molecule has 128 valence electrons. The van der Waals surface area contributed by atoms with Crippen LogP contribution in [0, 0.1) is 0 Å². The quantitative estimate of drug-likeness (QED) is 0.675. The van der Waals surface area contributed by atoms with Gasteiger partial charge in [0.2, 0.25) is 5.91 Å². The Hall–Kier alpha value is -3.35. The Balaban J connectivity index is 1.67. The van der Waals surface area contributed by atoms with Crippen molar-refractivity contribution in [3.05, 3.63) is 54.1 Å². The van der Waals surface area contributed by atoms with Gasteiger partial charge >= 0.3 is 11.9 Å². The van der Waals surface area contributed by atoms with Gasteiger partial charge in [0.1, 0.15) is 6.54 Å². The van der Waals surface area contributed by atoms with Crippen molar-refractivity contribution in [3.8, 4) is 5.75 Å². The molecule has 0 unspecified atom stereocenters. The number of amides is 1. The van der Waals surface area contributed by atoms with Crippen LogP contribution in [0.25, 0.3) is 0 Å². The molecule has 0 radical (unpaired) electrons. The highest BCUT2D eigenvalue weighted by atomic mass is 16.5. The largest absolute Gasteiger partial charge is 0.465 e. The smallest absolute Gasteiger partial charge is 0.337 e. The summed E-state index contributed by atoms with van der Waals surface area (Å²) in [5.74, 6) is -0.695. The van der Waals surface area contributed by atoms with E-state index in [4.69, 9.17) is 4.74 Å². The highest BCUT2D eigenvalue weighted by Gasteiger charge is 2.25. The number of rotatable bonds is 4. The number of carbonyl (C=O) groups excluding carboxylic acids is 3. The third kappa shape index (κ3) is 3.77. The van der Waals surface area contributed by atoms with Gasteiger partial charge in [0, 0.05) is 5.69 Å². The van der Waals surface area contributed by atoms with Crippen molar-refractivity contribution in [2.45, 2.75) is 0 Å². The molecule has 0 saturated carbocycles. The molecule has 0 spiro atoms. The first-order valence-electron chi connectivity index (χ1n) is 7.59. The predicted octanol–water partition coefficient (Wildman–Crippen LogP) is 1.84. The Morgan fingerprint density at radius 1 is 1.16 bits per heavy atom. The fourth-order valence-electron chi connectivity index (χ4n) is 2.52. The fraction of sp³-hybridized carbons (Fsp3) is 0.167. The van der Waals surface area contributed by atoms with E-state index in [9.17, 15) is 14.4 Å². The summed E-state index contributed by atoms with van der Waals surface area (Å²) in [6, 6.07) is 13.4. The summed E-state index contributed by atoms with van der Waals surface area (Å²) in [6.07, 6.45) is 0. The number of ether oxygens (including phenoxy) is 2. The van der Waals surface area contributed by atoms with Gasteiger partial charge in [-0.05, 0) is 36.4 Å². The normalized spacial score (nSPS) is 12.8. The Labute approximate surface area is 144 Å². The van der Waals surface area contributed by atoms with Crippen LogP contribution in [-0.4, -0.2) is 38.0 Å². The third-order valence-corrected chi connectivity index (χ3v) is 3.67. The molecule has 0 fully saturated rings. The zero-order chi connectivity index (χ0) is 17.8. The lowest BCUT2D eigenvalue weighted by Gasteiger charge is -2.29. The Bertz CT molecular complexity index is 816. The van der Waals surface area contributed by atoms with Crippen molar-refractivity contribution in [2.24, 2.45) is 0 Å². The van der Waals surface area contributed by atoms with Crippen molar-refractivity contribution >= 4 is 29.2 Å². The van der Waals surface area contributed by atoms with Gasteiger partial charge in [0.25, 0.3) is 0 Å². The number of methoxy groups -OCH3 is 1. The van der Waals surface area contributed by atoms with E-state index in [0.29, 0.717) is 22.7 Å². The van der Waals surface area contributed by atoms with E-state index < -0.39 is 11.9 Å². The molecule has 0 saturated heterocycles. The van der Waals surface area contributed by atoms with E-state index in [1.807, 2.05) is 6.07 Å². The van der Waals surface area contributed by atoms with Gasteiger partial charge in [0.05, 0.1) is 24.9 Å². The zero-order valence-electron chi connectivity index (χ0n) is 13.5. The van der Waals surface area contributed by atoms with Crippen LogP contribution in [0.5, 0.6) is 5.75 Å². The van der Waals surface area contributed by atoms with Gasteiger partial charge < -0.3 is 19.7 Å². The lowest BCUT2D eigenvalue weighted by atomic mass is 10.2. The van der Waals surface area contributed by atoms with Gasteiger partial charge in [-0.1, -0.05) is 12.1 Å². The molecule has 2 aromatic carbocycles. The highest BCUT2D eigenvalue weighted by Crippen LogP contribution is 2.31. The van der Waals surface area contributed by atoms with Crippen LogP contribution in [0.3, 0.4) is 0 Å². The highest BCUT2D eigenvalue weighted by molar-refractivity contribution is 5.97. The number of para-hydroxylation sites is 2. The van der Waals surface area contributed by atoms with Gasteiger partial charge in [-0.2, -0.15) is 0 Å². The average Bonchev–Trinajstić information content (AvgIpc) is 2.61. The molecular weight excluding hydrogens is 324 g/mol. The maximum Gasteiger partial charge on any atom is 0.337 e. The van der Waals surface area contributed by atoms with Crippen LogP contribution in [0.4, 0.5) is 11.4 Å². The van der Waals surface area contributed by atoms with Crippen LogP contribution in [-0.2, 0) is 14.3 Å². The summed E-state index contributed by atoms with van der Waals surface area (Å²) in [6.45, 7) is 0.0105. The van der Waals surface area contributed by atoms with Gasteiger partial charge in [-0.25, -0.2) is 9.59 Å². The number of carbonyl (C=O) groups is 3. The summed E-state index contributed by atoms with van der Waals surface area (Å²) in [5.41, 5.74) is 1.64. The van der Waals surface area contributed by atoms with Crippen LogP contribution in [0.2, 0.25) is 0 Å². The number of nitrogens with zero attached hydrogens (tertiary/aromatic N) is 1. The lowest BCUT2D eigenvalue weighted by Crippen LogP contribution is -2.41. The molecule has 1 aliphatic rings. The molecule has 0 bridgehead atoms. The summed E-state index contributed by atoms with van der Waals surface area (Å²) >= 11 is 0. The molecule has 1 aliphatic heterocycles. The second-order valence-corrected chi connectivity index (χ2v) is 5.41. The molecule has 25 heavy (non-hydrogen) atoms. The van der Waals surface area contributed by atoms with Crippen LogP contribution in [0.15, 0.2) is 48.5 Å². The summed E-state index contributed by atoms with van der Waals surface area (Å²) in [7, 11) is 1.31. The molecule has 7 heteroatoms. The van der Waals surface area contributed by atoms with E-state index in [0.717, 1.165) is 0 Å². The molecule has 3 rings (SSSR count). The maximum absolute atomic E-state index is 12.3. The molecule has 1 amide bonds. The first-order valence-corrected chi connectivity index (χ1v) is 7.59. The molecule has 0 aromatic heterocycles. The van der Waals surface area contributed by atoms with Crippen molar-refractivity contribution in [3.63, 3.8) is 0 Å². The summed E-state index contributed by atoms with van der Waals surface area (Å²) in [5, 5.41) is 2.73. The van der Waals surface area contributed by atoms with Gasteiger partial charge in [0.15, 0.2) is 5.75 Å². The third-order valence-electron chi connectivity index (χ3n) is 3.67. The van der Waals surface area contributed by atoms with E-state index >= 15 is 0 Å². The van der Waals surface area contributed by atoms with Crippen molar-refractivity contribution in [2.75, 3.05) is 30.4 Å². The molecule has 1 N–H and O–H groups in total. The molecular formula is C18H16N2O5. The van der Waals surface area contributed by atoms with Crippen molar-refractivity contribution in [1.29, 1.82) is 0 Å². The molecule has 0 aliphatic carbocycles. The minimum Gasteiger partial charge on any atom is -0.465 e. The molecule has 1 heterocycles. The van der Waals surface area contributed by atoms with Crippen LogP contribution < -0.4 is 15.0 Å². The van der Waals surface area contributed by atoms with Gasteiger partial charge in [-0.3, -0.25) is 4.79 Å². The number of benzene rings is 2. The van der Waals surface area contributed by atoms with E-state index in [1.165, 1.54) is 7.11 Å². The number of nitrogens with one attached hydrogen (secondary N) is 1. The lowest BCUT2D eigenvalue weighted by molar-refractivity contribution is -0.133. The van der Waals surface area contributed by atoms with E-state index in [1.54, 1.807) is 47.4 Å². The zero-order valence-corrected chi connectivity index (χ0v) is 13.5. The maximum atomic E-state index is 12.3. The fourth-order valence-corrected chi connectivity index (χ4v) is 2.52. The Kier molecular flexibility index (Phi) is 4.65. The Morgan fingerprint density at radius 2 is 1.88 bits per heavy atom. The average molecular weight is 340 g/mol. The molecule has 0 atom stereocenters. The monoisotopic (exact) mass is 340 g/mol. The van der Waals surface area contributed by atoms with Gasteiger partial charge in [-0.15, -0.1) is 0 Å². The first kappa shape index (κ1) is 16.5. The number of anilines is 2. The van der Waals surface area contributed by atoms with Crippen molar-refractivity contribution < 1.29 is 23.9 Å². The predicted molar refractivity (Wildman–Crippen MR) is 90.7 cm³/mol. The first-order chi connectivity index (χ1) is 12.1. The minimum atomic E-state index is -0.443. The molecule has 2 aromatic rings. The topological polar surface area (TPSA) is 84.9 Å². The minimum absolute atomic E-state index is 0.00483. The van der Waals surface area contributed by atoms with E-state index in [2.05, 4.69) is 10.1 Å². The van der Waals surface area contributed by atoms with E-state index in [-0.39, 0.29) is 19.0 Å². The number of hydrogen-bond donors (Lipinski definition) is 1. The SMILES string of the molecule is COC(=O)c1ccc(NC(=O)CN2CC(=O)Oc3ccccc32)cc1. The number of esters is 2. The Morgan fingerprint density at radius 3 is 2.60 bits per heavy atom. The number of hydrogen-bond acceptors (Lipinski definition) is 6. The van der Waals surface area contributed by atoms with Crippen molar-refractivity contribution in [1.82, 2.24) is 0 Å². The number of fused-ring (bicyclic) bond motifs is 1. The van der Waals surface area contributed by atoms with Crippen LogP contribution >= 0.6 is 0 Å². The summed E-state index contributed by atoms with van der Waals surface area (Å²) in [4.78, 5) is 37.0.